The number of nitrogens with zero attached hydrogens (tertiary/aromatic N) is 3. The van der Waals surface area contributed by atoms with Gasteiger partial charge in [-0.2, -0.15) is 5.10 Å². The Morgan fingerprint density at radius 3 is 2.92 bits per heavy atom. The van der Waals surface area contributed by atoms with Gasteiger partial charge >= 0.3 is 0 Å². The molecular formula is C19H21N5O2. The summed E-state index contributed by atoms with van der Waals surface area (Å²) in [7, 11) is 1.64. The first-order valence-corrected chi connectivity index (χ1v) is 8.87. The third kappa shape index (κ3) is 3.12. The molecular weight excluding hydrogens is 330 g/mol. The first-order chi connectivity index (χ1) is 12.6. The predicted molar refractivity (Wildman–Crippen MR) is 97.9 cm³/mol. The molecule has 7 heteroatoms. The summed E-state index contributed by atoms with van der Waals surface area (Å²) >= 11 is 0. The van der Waals surface area contributed by atoms with Gasteiger partial charge < -0.3 is 10.3 Å². The van der Waals surface area contributed by atoms with Gasteiger partial charge in [-0.15, -0.1) is 0 Å². The summed E-state index contributed by atoms with van der Waals surface area (Å²) < 4.78 is 1.41. The van der Waals surface area contributed by atoms with E-state index < -0.39 is 0 Å². The second-order valence-electron chi connectivity index (χ2n) is 6.94. The van der Waals surface area contributed by atoms with E-state index in [0.717, 1.165) is 25.7 Å². The van der Waals surface area contributed by atoms with Crippen LogP contribution in [0.15, 0.2) is 41.5 Å². The van der Waals surface area contributed by atoms with Crippen molar-refractivity contribution in [3.8, 4) is 0 Å². The van der Waals surface area contributed by atoms with E-state index in [-0.39, 0.29) is 23.2 Å². The quantitative estimate of drug-likeness (QED) is 0.750. The maximum atomic E-state index is 12.7. The van der Waals surface area contributed by atoms with Gasteiger partial charge in [0, 0.05) is 13.1 Å². The Kier molecular flexibility index (Phi) is 4.28. The number of aromatic amines is 1. The number of H-pyrrole nitrogens is 1. The van der Waals surface area contributed by atoms with Crippen LogP contribution in [-0.4, -0.2) is 31.7 Å². The third-order valence-corrected chi connectivity index (χ3v) is 5.09. The highest BCUT2D eigenvalue weighted by atomic mass is 16.2. The maximum absolute atomic E-state index is 12.7. The summed E-state index contributed by atoms with van der Waals surface area (Å²) in [5.41, 5.74) is 1.90. The monoisotopic (exact) mass is 351 g/mol. The van der Waals surface area contributed by atoms with Crippen LogP contribution in [0.3, 0.4) is 0 Å². The Hall–Kier alpha value is -2.96. The first kappa shape index (κ1) is 16.5. The number of carbonyl (C=O) groups is 1. The molecule has 3 aromatic rings. The lowest BCUT2D eigenvalue weighted by Gasteiger charge is -2.13. The largest absolute Gasteiger partial charge is 0.348 e. The van der Waals surface area contributed by atoms with Gasteiger partial charge in [-0.1, -0.05) is 30.3 Å². The van der Waals surface area contributed by atoms with Crippen molar-refractivity contribution in [2.24, 2.45) is 13.0 Å². The molecule has 2 aromatic heterocycles. The van der Waals surface area contributed by atoms with Crippen LogP contribution in [0.2, 0.25) is 0 Å². The van der Waals surface area contributed by atoms with Crippen LogP contribution >= 0.6 is 0 Å². The molecule has 2 unspecified atom stereocenters. The molecule has 0 saturated heterocycles. The molecule has 1 amide bonds. The van der Waals surface area contributed by atoms with E-state index in [2.05, 4.69) is 44.6 Å². The van der Waals surface area contributed by atoms with Crippen molar-refractivity contribution in [1.82, 2.24) is 25.1 Å². The number of aromatic nitrogens is 4. The number of amides is 1. The van der Waals surface area contributed by atoms with Crippen molar-refractivity contribution >= 4 is 16.9 Å². The Morgan fingerprint density at radius 2 is 2.12 bits per heavy atom. The highest BCUT2D eigenvalue weighted by molar-refractivity contribution is 6.03. The van der Waals surface area contributed by atoms with E-state index in [1.54, 1.807) is 7.05 Å². The smallest absolute Gasteiger partial charge is 0.276 e. The van der Waals surface area contributed by atoms with E-state index in [1.165, 1.54) is 16.6 Å². The van der Waals surface area contributed by atoms with Gasteiger partial charge in [-0.3, -0.25) is 14.3 Å². The fraction of sp³-hybridized carbons (Fsp3) is 0.368. The summed E-state index contributed by atoms with van der Waals surface area (Å²) in [6.45, 7) is 0. The number of carbonyl (C=O) groups excluding carboxylic acids is 1. The van der Waals surface area contributed by atoms with Gasteiger partial charge in [-0.25, -0.2) is 4.98 Å². The molecule has 0 spiro atoms. The zero-order chi connectivity index (χ0) is 18.1. The molecule has 0 radical (unpaired) electrons. The molecule has 1 aliphatic rings. The Balaban J connectivity index is 1.45. The van der Waals surface area contributed by atoms with Crippen LogP contribution in [0.5, 0.6) is 0 Å². The fourth-order valence-electron chi connectivity index (χ4n) is 3.86. The van der Waals surface area contributed by atoms with Crippen molar-refractivity contribution in [3.63, 3.8) is 0 Å². The van der Waals surface area contributed by atoms with Crippen LogP contribution in [0.4, 0.5) is 0 Å². The lowest BCUT2D eigenvalue weighted by atomic mass is 9.98. The predicted octanol–water partition coefficient (Wildman–Crippen LogP) is 1.80. The second kappa shape index (κ2) is 6.74. The molecule has 7 nitrogen and oxygen atoms in total. The summed E-state index contributed by atoms with van der Waals surface area (Å²) in [6, 6.07) is 10.6. The lowest BCUT2D eigenvalue weighted by Crippen LogP contribution is -2.33. The molecule has 26 heavy (non-hydrogen) atoms. The molecule has 2 heterocycles. The molecule has 1 aromatic carbocycles. The highest BCUT2D eigenvalue weighted by Gasteiger charge is 2.28. The number of hydrogen-bond acceptors (Lipinski definition) is 4. The molecule has 0 bridgehead atoms. The van der Waals surface area contributed by atoms with E-state index in [9.17, 15) is 9.59 Å². The summed E-state index contributed by atoms with van der Waals surface area (Å²) in [6.07, 6.45) is 5.35. The van der Waals surface area contributed by atoms with Crippen molar-refractivity contribution in [3.05, 3.63) is 58.3 Å². The van der Waals surface area contributed by atoms with Crippen LogP contribution in [0.1, 0.15) is 35.3 Å². The van der Waals surface area contributed by atoms with Gasteiger partial charge in [0.25, 0.3) is 11.5 Å². The first-order valence-electron chi connectivity index (χ1n) is 8.87. The topological polar surface area (TPSA) is 92.7 Å². The fourth-order valence-corrected chi connectivity index (χ4v) is 3.86. The van der Waals surface area contributed by atoms with E-state index in [0.29, 0.717) is 17.0 Å². The number of fused-ring (bicyclic) bond motifs is 1. The number of aryl methyl sites for hydroxylation is 1. The van der Waals surface area contributed by atoms with Crippen molar-refractivity contribution < 1.29 is 4.79 Å². The summed E-state index contributed by atoms with van der Waals surface area (Å²) in [4.78, 5) is 31.2. The zero-order valence-electron chi connectivity index (χ0n) is 14.6. The van der Waals surface area contributed by atoms with Crippen LogP contribution in [0, 0.1) is 5.92 Å². The summed E-state index contributed by atoms with van der Waals surface area (Å²) in [5, 5.41) is 7.27. The number of rotatable bonds is 4. The third-order valence-electron chi connectivity index (χ3n) is 5.09. The lowest BCUT2D eigenvalue weighted by molar-refractivity contribution is 0.0932. The van der Waals surface area contributed by atoms with Crippen LogP contribution in [-0.2, 0) is 13.5 Å². The molecule has 2 atom stereocenters. The summed E-state index contributed by atoms with van der Waals surface area (Å²) in [5.74, 6) is 0.309. The van der Waals surface area contributed by atoms with Gasteiger partial charge in [-0.05, 0) is 37.2 Å². The minimum Gasteiger partial charge on any atom is -0.348 e. The zero-order valence-corrected chi connectivity index (χ0v) is 14.6. The minimum atomic E-state index is -0.298. The second-order valence-corrected chi connectivity index (χ2v) is 6.94. The number of hydrogen-bond donors (Lipinski definition) is 2. The van der Waals surface area contributed by atoms with Gasteiger partial charge in [0.2, 0.25) is 0 Å². The van der Waals surface area contributed by atoms with Crippen molar-refractivity contribution in [2.75, 3.05) is 0 Å². The van der Waals surface area contributed by atoms with E-state index in [1.807, 2.05) is 6.07 Å². The van der Waals surface area contributed by atoms with Crippen molar-refractivity contribution in [2.45, 2.75) is 31.7 Å². The average molecular weight is 351 g/mol. The molecule has 4 rings (SSSR count). The van der Waals surface area contributed by atoms with Crippen LogP contribution in [0.25, 0.3) is 11.0 Å². The van der Waals surface area contributed by atoms with Gasteiger partial charge in [0.1, 0.15) is 5.52 Å². The molecule has 1 fully saturated rings. The van der Waals surface area contributed by atoms with Gasteiger partial charge in [0.05, 0.1) is 6.33 Å². The maximum Gasteiger partial charge on any atom is 0.276 e. The SMILES string of the molecule is Cn1nc(C(=O)NC2CCC(Cc3ccccc3)C2)c2nc[nH]c(=O)c21. The Morgan fingerprint density at radius 1 is 1.31 bits per heavy atom. The van der Waals surface area contributed by atoms with E-state index >= 15 is 0 Å². The Bertz CT molecular complexity index is 992. The minimum absolute atomic E-state index is 0.135. The number of nitrogens with one attached hydrogen (secondary N) is 2. The molecule has 2 N–H and O–H groups in total. The molecule has 1 aliphatic carbocycles. The standard InChI is InChI=1S/C19H21N5O2/c1-24-17-15(20-11-21-19(17)26)16(23-24)18(25)22-14-8-7-13(10-14)9-12-5-3-2-4-6-12/h2-6,11,13-14H,7-10H2,1H3,(H,22,25)(H,20,21,26). The van der Waals surface area contributed by atoms with Crippen molar-refractivity contribution in [1.29, 1.82) is 0 Å². The van der Waals surface area contributed by atoms with E-state index in [4.69, 9.17) is 0 Å². The average Bonchev–Trinajstić information content (AvgIpc) is 3.21. The molecule has 134 valence electrons. The normalized spacial score (nSPS) is 19.7. The Labute approximate surface area is 150 Å². The molecule has 0 aliphatic heterocycles. The highest BCUT2D eigenvalue weighted by Crippen LogP contribution is 2.29. The van der Waals surface area contributed by atoms with Crippen LogP contribution < -0.4 is 10.9 Å². The van der Waals surface area contributed by atoms with Gasteiger partial charge in [0.15, 0.2) is 11.2 Å². The molecule has 1 saturated carbocycles. The number of benzene rings is 1.